The summed E-state index contributed by atoms with van der Waals surface area (Å²) in [6, 6.07) is 8.63. The van der Waals surface area contributed by atoms with Crippen LogP contribution in [0.15, 0.2) is 24.3 Å². The summed E-state index contributed by atoms with van der Waals surface area (Å²) in [5.74, 6) is -0.00449. The highest BCUT2D eigenvalue weighted by molar-refractivity contribution is 5.85. The van der Waals surface area contributed by atoms with Crippen LogP contribution in [0, 0.1) is 0 Å². The van der Waals surface area contributed by atoms with Crippen molar-refractivity contribution in [3.8, 4) is 0 Å². The van der Waals surface area contributed by atoms with Crippen molar-refractivity contribution >= 4 is 18.3 Å². The standard InChI is InChI=1S/C16H22N2O2.ClH/c19-16(18-10-7-13-5-3-9-17-13)15-14-6-2-1-4-12(14)8-11-20-15;/h1-2,4,6,13,15,17H,3,5,7-11H2,(H,18,19);1H/t13-,15?;/m1./s1. The second-order valence-corrected chi connectivity index (χ2v) is 5.57. The number of hydrogen-bond acceptors (Lipinski definition) is 3. The maximum atomic E-state index is 12.3. The Morgan fingerprint density at radius 1 is 1.38 bits per heavy atom. The number of halogens is 1. The van der Waals surface area contributed by atoms with Gasteiger partial charge in [0.15, 0.2) is 6.10 Å². The zero-order chi connectivity index (χ0) is 13.8. The van der Waals surface area contributed by atoms with Crippen molar-refractivity contribution in [2.45, 2.75) is 37.8 Å². The molecule has 1 aromatic rings. The summed E-state index contributed by atoms with van der Waals surface area (Å²) in [5.41, 5.74) is 2.26. The molecule has 2 aliphatic heterocycles. The van der Waals surface area contributed by atoms with E-state index in [4.69, 9.17) is 4.74 Å². The molecular formula is C16H23ClN2O2. The van der Waals surface area contributed by atoms with E-state index in [0.717, 1.165) is 31.5 Å². The molecule has 1 saturated heterocycles. The van der Waals surface area contributed by atoms with E-state index in [1.54, 1.807) is 0 Å². The molecule has 5 heteroatoms. The highest BCUT2D eigenvalue weighted by Crippen LogP contribution is 2.26. The van der Waals surface area contributed by atoms with Gasteiger partial charge < -0.3 is 15.4 Å². The summed E-state index contributed by atoms with van der Waals surface area (Å²) in [7, 11) is 0. The van der Waals surface area contributed by atoms with Crippen LogP contribution in [0.25, 0.3) is 0 Å². The third kappa shape index (κ3) is 3.96. The van der Waals surface area contributed by atoms with Gasteiger partial charge in [-0.1, -0.05) is 24.3 Å². The highest BCUT2D eigenvalue weighted by atomic mass is 35.5. The average Bonchev–Trinajstić information content (AvgIpc) is 3.00. The molecule has 0 saturated carbocycles. The van der Waals surface area contributed by atoms with Crippen LogP contribution in [-0.2, 0) is 16.0 Å². The van der Waals surface area contributed by atoms with Gasteiger partial charge >= 0.3 is 0 Å². The Kier molecular flexibility index (Phi) is 6.03. The van der Waals surface area contributed by atoms with Crippen LogP contribution < -0.4 is 10.6 Å². The number of carbonyl (C=O) groups is 1. The van der Waals surface area contributed by atoms with Crippen LogP contribution in [0.2, 0.25) is 0 Å². The van der Waals surface area contributed by atoms with Crippen LogP contribution in [-0.4, -0.2) is 31.6 Å². The minimum Gasteiger partial charge on any atom is -0.363 e. The number of fused-ring (bicyclic) bond motifs is 1. The Labute approximate surface area is 132 Å². The van der Waals surface area contributed by atoms with Crippen molar-refractivity contribution in [3.63, 3.8) is 0 Å². The van der Waals surface area contributed by atoms with Crippen LogP contribution in [0.4, 0.5) is 0 Å². The number of rotatable bonds is 4. The van der Waals surface area contributed by atoms with Crippen molar-refractivity contribution in [1.82, 2.24) is 10.6 Å². The molecule has 0 aromatic heterocycles. The van der Waals surface area contributed by atoms with Gasteiger partial charge in [-0.3, -0.25) is 4.79 Å². The first kappa shape index (κ1) is 16.3. The number of benzene rings is 1. The van der Waals surface area contributed by atoms with Crippen molar-refractivity contribution < 1.29 is 9.53 Å². The lowest BCUT2D eigenvalue weighted by Gasteiger charge is -2.25. The third-order valence-electron chi connectivity index (χ3n) is 4.19. The lowest BCUT2D eigenvalue weighted by molar-refractivity contribution is -0.134. The summed E-state index contributed by atoms with van der Waals surface area (Å²) >= 11 is 0. The van der Waals surface area contributed by atoms with Gasteiger partial charge in [-0.05, 0) is 43.4 Å². The maximum Gasteiger partial charge on any atom is 0.253 e. The molecule has 3 rings (SSSR count). The topological polar surface area (TPSA) is 50.4 Å². The second-order valence-electron chi connectivity index (χ2n) is 5.57. The average molecular weight is 311 g/mol. The van der Waals surface area contributed by atoms with E-state index in [1.165, 1.54) is 18.4 Å². The fourth-order valence-corrected chi connectivity index (χ4v) is 3.08. The molecule has 0 bridgehead atoms. The van der Waals surface area contributed by atoms with Gasteiger partial charge in [0.2, 0.25) is 0 Å². The van der Waals surface area contributed by atoms with Crippen molar-refractivity contribution in [3.05, 3.63) is 35.4 Å². The van der Waals surface area contributed by atoms with Gasteiger partial charge in [0.25, 0.3) is 5.91 Å². The van der Waals surface area contributed by atoms with Crippen molar-refractivity contribution in [2.75, 3.05) is 19.7 Å². The first-order valence-corrected chi connectivity index (χ1v) is 7.55. The van der Waals surface area contributed by atoms with E-state index in [2.05, 4.69) is 16.7 Å². The predicted octanol–water partition coefficient (Wildman–Crippen LogP) is 1.98. The van der Waals surface area contributed by atoms with Crippen LogP contribution in [0.1, 0.15) is 36.5 Å². The molecule has 1 amide bonds. The summed E-state index contributed by atoms with van der Waals surface area (Å²) in [6.45, 7) is 2.45. The minimum absolute atomic E-state index is 0. The van der Waals surface area contributed by atoms with E-state index < -0.39 is 6.10 Å². The molecule has 2 atom stereocenters. The van der Waals surface area contributed by atoms with E-state index in [0.29, 0.717) is 12.6 Å². The van der Waals surface area contributed by atoms with Crippen LogP contribution >= 0.6 is 12.4 Å². The van der Waals surface area contributed by atoms with Gasteiger partial charge in [0.05, 0.1) is 6.61 Å². The quantitative estimate of drug-likeness (QED) is 0.894. The molecule has 2 N–H and O–H groups in total. The predicted molar refractivity (Wildman–Crippen MR) is 84.7 cm³/mol. The van der Waals surface area contributed by atoms with Gasteiger partial charge in [0.1, 0.15) is 0 Å². The van der Waals surface area contributed by atoms with E-state index in [-0.39, 0.29) is 18.3 Å². The van der Waals surface area contributed by atoms with Gasteiger partial charge in [-0.2, -0.15) is 0 Å². The minimum atomic E-state index is -0.434. The van der Waals surface area contributed by atoms with Crippen molar-refractivity contribution in [1.29, 1.82) is 0 Å². The van der Waals surface area contributed by atoms with Crippen molar-refractivity contribution in [2.24, 2.45) is 0 Å². The molecular weight excluding hydrogens is 288 g/mol. The Morgan fingerprint density at radius 3 is 3.05 bits per heavy atom. The second kappa shape index (κ2) is 7.78. The molecule has 0 radical (unpaired) electrons. The first-order chi connectivity index (χ1) is 9.84. The van der Waals surface area contributed by atoms with Crippen LogP contribution in [0.5, 0.6) is 0 Å². The molecule has 1 aromatic carbocycles. The Morgan fingerprint density at radius 2 is 2.24 bits per heavy atom. The van der Waals surface area contributed by atoms with Gasteiger partial charge in [0, 0.05) is 12.6 Å². The smallest absolute Gasteiger partial charge is 0.253 e. The monoisotopic (exact) mass is 310 g/mol. The SMILES string of the molecule is Cl.O=C(NCC[C@H]1CCCN1)C1OCCc2ccccc21. The highest BCUT2D eigenvalue weighted by Gasteiger charge is 2.27. The number of amides is 1. The molecule has 2 aliphatic rings. The number of carbonyl (C=O) groups excluding carboxylic acids is 1. The van der Waals surface area contributed by atoms with E-state index in [9.17, 15) is 4.79 Å². The van der Waals surface area contributed by atoms with Gasteiger partial charge in [-0.25, -0.2) is 0 Å². The zero-order valence-corrected chi connectivity index (χ0v) is 13.0. The normalized spacial score (nSPS) is 24.0. The first-order valence-electron chi connectivity index (χ1n) is 7.55. The molecule has 116 valence electrons. The molecule has 4 nitrogen and oxygen atoms in total. The van der Waals surface area contributed by atoms with Gasteiger partial charge in [-0.15, -0.1) is 12.4 Å². The number of ether oxygens (including phenoxy) is 1. The van der Waals surface area contributed by atoms with E-state index >= 15 is 0 Å². The number of nitrogens with one attached hydrogen (secondary N) is 2. The fourth-order valence-electron chi connectivity index (χ4n) is 3.08. The van der Waals surface area contributed by atoms with E-state index in [1.807, 2.05) is 18.2 Å². The number of hydrogen-bond donors (Lipinski definition) is 2. The van der Waals surface area contributed by atoms with Crippen LogP contribution in [0.3, 0.4) is 0 Å². The Balaban J connectivity index is 0.00000161. The molecule has 1 fully saturated rings. The Bertz CT molecular complexity index is 475. The molecule has 0 aliphatic carbocycles. The maximum absolute atomic E-state index is 12.3. The molecule has 21 heavy (non-hydrogen) atoms. The Hall–Kier alpha value is -1.10. The summed E-state index contributed by atoms with van der Waals surface area (Å²) in [5, 5.41) is 6.46. The third-order valence-corrected chi connectivity index (χ3v) is 4.19. The largest absolute Gasteiger partial charge is 0.363 e. The molecule has 0 spiro atoms. The lowest BCUT2D eigenvalue weighted by atomic mass is 9.97. The summed E-state index contributed by atoms with van der Waals surface area (Å²) in [4.78, 5) is 12.3. The lowest BCUT2D eigenvalue weighted by Crippen LogP contribution is -2.36. The summed E-state index contributed by atoms with van der Waals surface area (Å²) < 4.78 is 5.66. The molecule has 2 heterocycles. The zero-order valence-electron chi connectivity index (χ0n) is 12.1. The molecule has 1 unspecified atom stereocenters. The summed E-state index contributed by atoms with van der Waals surface area (Å²) in [6.07, 6.45) is 3.93. The fraction of sp³-hybridized carbons (Fsp3) is 0.562.